The number of hydrogen-bond acceptors (Lipinski definition) is 1. The van der Waals surface area contributed by atoms with Gasteiger partial charge in [-0.25, -0.2) is 0 Å². The maximum atomic E-state index is 12.8. The van der Waals surface area contributed by atoms with Gasteiger partial charge in [0.25, 0.3) is 0 Å². The summed E-state index contributed by atoms with van der Waals surface area (Å²) >= 11 is 4.35. The Kier molecular flexibility index (Phi) is 5.56. The summed E-state index contributed by atoms with van der Waals surface area (Å²) in [5, 5.41) is 1.85. The van der Waals surface area contributed by atoms with Crippen LogP contribution in [-0.4, -0.2) is 4.55 Å². The van der Waals surface area contributed by atoms with Gasteiger partial charge in [0, 0.05) is 10.6 Å². The van der Waals surface area contributed by atoms with Gasteiger partial charge < -0.3 is 4.55 Å². The zero-order valence-corrected chi connectivity index (χ0v) is 12.9. The largest absolute Gasteiger partial charge is 0.612 e. The van der Waals surface area contributed by atoms with Crippen LogP contribution in [0.25, 0.3) is 6.08 Å². The molecule has 0 heterocycles. The molecule has 0 fully saturated rings. The van der Waals surface area contributed by atoms with Crippen molar-refractivity contribution in [2.45, 2.75) is 11.9 Å². The highest BCUT2D eigenvalue weighted by molar-refractivity contribution is 7.93. The van der Waals surface area contributed by atoms with Crippen molar-refractivity contribution in [3.8, 4) is 0 Å². The van der Waals surface area contributed by atoms with Crippen LogP contribution in [-0.2, 0) is 23.1 Å². The average Bonchev–Trinajstić information content (AvgIpc) is 2.47. The van der Waals surface area contributed by atoms with Crippen molar-refractivity contribution in [1.82, 2.24) is 0 Å². The molecular formula is C16H12ClF3OS. The molecule has 0 aliphatic rings. The second kappa shape index (κ2) is 7.22. The summed E-state index contributed by atoms with van der Waals surface area (Å²) in [5.41, 5.74) is 0.0608. The van der Waals surface area contributed by atoms with E-state index < -0.39 is 22.9 Å². The molecule has 116 valence electrons. The Morgan fingerprint density at radius 1 is 1.05 bits per heavy atom. The second-order valence-electron chi connectivity index (χ2n) is 4.54. The van der Waals surface area contributed by atoms with Gasteiger partial charge in [0.15, 0.2) is 0 Å². The van der Waals surface area contributed by atoms with Gasteiger partial charge in [0.05, 0.1) is 5.56 Å². The second-order valence-corrected chi connectivity index (χ2v) is 6.30. The Morgan fingerprint density at radius 3 is 2.32 bits per heavy atom. The maximum absolute atomic E-state index is 12.8. The highest BCUT2D eigenvalue weighted by Gasteiger charge is 2.32. The number of benzene rings is 2. The Hall–Kier alpha value is -1.43. The molecule has 0 spiro atoms. The lowest BCUT2D eigenvalue weighted by atomic mass is 10.1. The lowest BCUT2D eigenvalue weighted by Gasteiger charge is -2.10. The molecule has 0 aromatic heterocycles. The molecule has 0 aliphatic carbocycles. The summed E-state index contributed by atoms with van der Waals surface area (Å²) in [5.74, 6) is 0.224. The molecule has 1 nitrogen and oxygen atoms in total. The summed E-state index contributed by atoms with van der Waals surface area (Å²) in [6, 6.07) is 12.0. The first-order valence-corrected chi connectivity index (χ1v) is 8.08. The minimum atomic E-state index is -4.43. The molecule has 1 unspecified atom stereocenters. The average molecular weight is 345 g/mol. The van der Waals surface area contributed by atoms with Gasteiger partial charge in [-0.3, -0.25) is 0 Å². The Balaban J connectivity index is 2.10. The minimum Gasteiger partial charge on any atom is -0.612 e. The van der Waals surface area contributed by atoms with Crippen molar-refractivity contribution < 1.29 is 17.7 Å². The Morgan fingerprint density at radius 2 is 1.68 bits per heavy atom. The van der Waals surface area contributed by atoms with Crippen molar-refractivity contribution in [2.75, 3.05) is 0 Å². The topological polar surface area (TPSA) is 23.1 Å². The van der Waals surface area contributed by atoms with E-state index in [1.807, 2.05) is 0 Å². The fraction of sp³-hybridized carbons (Fsp3) is 0.125. The first kappa shape index (κ1) is 16.9. The molecule has 0 radical (unpaired) electrons. The first-order valence-electron chi connectivity index (χ1n) is 6.32. The lowest BCUT2D eigenvalue weighted by Crippen LogP contribution is -2.07. The van der Waals surface area contributed by atoms with E-state index in [0.717, 1.165) is 11.6 Å². The SMILES string of the molecule is [O-][S+](C=Cc1ccccc1C(F)(F)F)Cc1ccc(Cl)cc1. The minimum absolute atomic E-state index is 0.000504. The van der Waals surface area contributed by atoms with E-state index >= 15 is 0 Å². The smallest absolute Gasteiger partial charge is 0.416 e. The molecule has 2 aromatic rings. The van der Waals surface area contributed by atoms with Crippen LogP contribution < -0.4 is 0 Å². The lowest BCUT2D eigenvalue weighted by molar-refractivity contribution is -0.137. The van der Waals surface area contributed by atoms with E-state index in [-0.39, 0.29) is 11.3 Å². The van der Waals surface area contributed by atoms with Crippen molar-refractivity contribution in [1.29, 1.82) is 0 Å². The zero-order valence-electron chi connectivity index (χ0n) is 11.3. The molecule has 0 saturated carbocycles. The summed E-state index contributed by atoms with van der Waals surface area (Å²) in [7, 11) is 0. The van der Waals surface area contributed by atoms with Gasteiger partial charge in [-0.1, -0.05) is 41.9 Å². The molecule has 0 saturated heterocycles. The van der Waals surface area contributed by atoms with E-state index in [0.29, 0.717) is 5.02 Å². The van der Waals surface area contributed by atoms with Crippen LogP contribution in [0.15, 0.2) is 53.9 Å². The Labute approximate surface area is 134 Å². The molecule has 1 atom stereocenters. The number of hydrogen-bond donors (Lipinski definition) is 0. The van der Waals surface area contributed by atoms with Crippen LogP contribution in [0.5, 0.6) is 0 Å². The van der Waals surface area contributed by atoms with E-state index in [2.05, 4.69) is 0 Å². The van der Waals surface area contributed by atoms with Gasteiger partial charge in [0.2, 0.25) is 0 Å². The van der Waals surface area contributed by atoms with Gasteiger partial charge in [-0.15, -0.1) is 0 Å². The third-order valence-electron chi connectivity index (χ3n) is 2.89. The van der Waals surface area contributed by atoms with Crippen LogP contribution in [0, 0.1) is 0 Å². The molecule has 0 N–H and O–H groups in total. The van der Waals surface area contributed by atoms with E-state index in [1.54, 1.807) is 24.3 Å². The molecule has 0 aliphatic heterocycles. The molecule has 0 bridgehead atoms. The third kappa shape index (κ3) is 4.80. The Bertz CT molecular complexity index is 653. The molecule has 6 heteroatoms. The summed E-state index contributed by atoms with van der Waals surface area (Å²) in [6.07, 6.45) is -3.19. The molecule has 2 rings (SSSR count). The maximum Gasteiger partial charge on any atom is 0.416 e. The van der Waals surface area contributed by atoms with Gasteiger partial charge in [-0.05, 0) is 41.0 Å². The van der Waals surface area contributed by atoms with E-state index in [4.69, 9.17) is 11.6 Å². The van der Waals surface area contributed by atoms with E-state index in [1.165, 1.54) is 29.7 Å². The number of alkyl halides is 3. The fourth-order valence-electron chi connectivity index (χ4n) is 1.84. The van der Waals surface area contributed by atoms with Gasteiger partial charge in [0.1, 0.15) is 11.2 Å². The van der Waals surface area contributed by atoms with E-state index in [9.17, 15) is 17.7 Å². The summed E-state index contributed by atoms with van der Waals surface area (Å²) in [6.45, 7) is 0. The van der Waals surface area contributed by atoms with Crippen LogP contribution in [0.1, 0.15) is 16.7 Å². The van der Waals surface area contributed by atoms with Crippen molar-refractivity contribution in [3.05, 3.63) is 75.7 Å². The van der Waals surface area contributed by atoms with Crippen LogP contribution >= 0.6 is 11.6 Å². The van der Waals surface area contributed by atoms with Gasteiger partial charge in [-0.2, -0.15) is 13.2 Å². The molecule has 22 heavy (non-hydrogen) atoms. The molecule has 0 amide bonds. The monoisotopic (exact) mass is 344 g/mol. The third-order valence-corrected chi connectivity index (χ3v) is 4.20. The predicted molar refractivity (Wildman–Crippen MR) is 83.8 cm³/mol. The quantitative estimate of drug-likeness (QED) is 0.692. The summed E-state index contributed by atoms with van der Waals surface area (Å²) < 4.78 is 50.4. The highest BCUT2D eigenvalue weighted by atomic mass is 35.5. The number of rotatable bonds is 4. The highest BCUT2D eigenvalue weighted by Crippen LogP contribution is 2.32. The normalized spacial score (nSPS) is 13.5. The molecular weight excluding hydrogens is 333 g/mol. The van der Waals surface area contributed by atoms with Crippen LogP contribution in [0.3, 0.4) is 0 Å². The van der Waals surface area contributed by atoms with Crippen LogP contribution in [0.4, 0.5) is 13.2 Å². The van der Waals surface area contributed by atoms with Crippen molar-refractivity contribution >= 4 is 28.9 Å². The van der Waals surface area contributed by atoms with Crippen molar-refractivity contribution in [3.63, 3.8) is 0 Å². The first-order chi connectivity index (χ1) is 10.4. The summed E-state index contributed by atoms with van der Waals surface area (Å²) in [4.78, 5) is 0. The standard InChI is InChI=1S/C16H12ClF3OS/c17-14-7-5-12(6-8-14)11-22(21)10-9-13-3-1-2-4-15(13)16(18,19)20/h1-10H,11H2. The molecule has 2 aromatic carbocycles. The number of halogens is 4. The van der Waals surface area contributed by atoms with Crippen molar-refractivity contribution in [2.24, 2.45) is 0 Å². The van der Waals surface area contributed by atoms with Crippen LogP contribution in [0.2, 0.25) is 5.02 Å². The zero-order chi connectivity index (χ0) is 16.2. The fourth-order valence-corrected chi connectivity index (χ4v) is 2.88. The predicted octanol–water partition coefficient (Wildman–Crippen LogP) is 5.28. The van der Waals surface area contributed by atoms with Gasteiger partial charge >= 0.3 is 6.18 Å².